The molecule has 0 aliphatic carbocycles. The number of rotatable bonds is 4. The predicted molar refractivity (Wildman–Crippen MR) is 65.7 cm³/mol. The van der Waals surface area contributed by atoms with Gasteiger partial charge in [-0.25, -0.2) is 9.97 Å². The van der Waals surface area contributed by atoms with Gasteiger partial charge in [0.2, 0.25) is 5.95 Å². The first-order valence-corrected chi connectivity index (χ1v) is 5.90. The Morgan fingerprint density at radius 3 is 2.69 bits per heavy atom. The molecule has 16 heavy (non-hydrogen) atoms. The molecule has 0 atom stereocenters. The van der Waals surface area contributed by atoms with Crippen molar-refractivity contribution in [3.05, 3.63) is 29.4 Å². The highest BCUT2D eigenvalue weighted by atomic mass is 32.1. The van der Waals surface area contributed by atoms with Gasteiger partial charge in [0.05, 0.1) is 6.61 Å². The van der Waals surface area contributed by atoms with Gasteiger partial charge in [0, 0.05) is 29.4 Å². The van der Waals surface area contributed by atoms with E-state index in [1.807, 2.05) is 0 Å². The molecule has 5 heteroatoms. The summed E-state index contributed by atoms with van der Waals surface area (Å²) in [5, 5.41) is 13.6. The largest absolute Gasteiger partial charge is 0.395 e. The lowest BCUT2D eigenvalue weighted by Crippen LogP contribution is -2.08. The minimum absolute atomic E-state index is 0.0785. The summed E-state index contributed by atoms with van der Waals surface area (Å²) in [6.07, 6.45) is 3.59. The Kier molecular flexibility index (Phi) is 3.48. The zero-order valence-electron chi connectivity index (χ0n) is 8.97. The number of hydrogen-bond acceptors (Lipinski definition) is 5. The van der Waals surface area contributed by atoms with Crippen LogP contribution in [0.3, 0.4) is 0 Å². The molecule has 0 spiro atoms. The number of aryl methyl sites for hydroxylation is 1. The summed E-state index contributed by atoms with van der Waals surface area (Å²) >= 11 is 1.69. The number of aliphatic hydroxyl groups is 1. The van der Waals surface area contributed by atoms with E-state index in [1.54, 1.807) is 23.7 Å². The van der Waals surface area contributed by atoms with Crippen LogP contribution < -0.4 is 5.32 Å². The Morgan fingerprint density at radius 2 is 2.12 bits per heavy atom. The van der Waals surface area contributed by atoms with Crippen LogP contribution in [0.15, 0.2) is 23.8 Å². The highest BCUT2D eigenvalue weighted by molar-refractivity contribution is 7.13. The van der Waals surface area contributed by atoms with Gasteiger partial charge in [-0.05, 0) is 23.9 Å². The molecule has 2 aromatic rings. The number of aromatic nitrogens is 2. The van der Waals surface area contributed by atoms with E-state index in [4.69, 9.17) is 5.11 Å². The Labute approximate surface area is 98.0 Å². The predicted octanol–water partition coefficient (Wildman–Crippen LogP) is 1.92. The van der Waals surface area contributed by atoms with Gasteiger partial charge in [0.1, 0.15) is 0 Å². The van der Waals surface area contributed by atoms with E-state index < -0.39 is 0 Å². The number of anilines is 1. The third kappa shape index (κ3) is 2.37. The maximum Gasteiger partial charge on any atom is 0.222 e. The zero-order valence-corrected chi connectivity index (χ0v) is 9.79. The molecule has 0 fully saturated rings. The van der Waals surface area contributed by atoms with E-state index in [0.29, 0.717) is 12.5 Å². The lowest BCUT2D eigenvalue weighted by atomic mass is 10.2. The molecule has 0 aliphatic rings. The Hall–Kier alpha value is -1.46. The second kappa shape index (κ2) is 5.05. The number of aliphatic hydroxyl groups excluding tert-OH is 1. The monoisotopic (exact) mass is 235 g/mol. The highest BCUT2D eigenvalue weighted by Crippen LogP contribution is 2.27. The van der Waals surface area contributed by atoms with E-state index >= 15 is 0 Å². The SMILES string of the molecule is Cc1ccsc1-c1cnc(NCCO)nc1. The van der Waals surface area contributed by atoms with Crippen molar-refractivity contribution in [2.45, 2.75) is 6.92 Å². The van der Waals surface area contributed by atoms with E-state index in [9.17, 15) is 0 Å². The lowest BCUT2D eigenvalue weighted by molar-refractivity contribution is 0.311. The van der Waals surface area contributed by atoms with Crippen molar-refractivity contribution in [1.82, 2.24) is 9.97 Å². The standard InChI is InChI=1S/C11H13N3OS/c1-8-2-5-16-10(8)9-6-13-11(14-7-9)12-3-4-15/h2,5-7,15H,3-4H2,1H3,(H,12,13,14). The molecule has 0 aliphatic heterocycles. The molecular formula is C11H13N3OS. The molecular weight excluding hydrogens is 222 g/mol. The van der Waals surface area contributed by atoms with Crippen LogP contribution in [0.4, 0.5) is 5.95 Å². The van der Waals surface area contributed by atoms with E-state index in [0.717, 1.165) is 5.56 Å². The smallest absolute Gasteiger partial charge is 0.222 e. The Balaban J connectivity index is 2.16. The van der Waals surface area contributed by atoms with Crippen molar-refractivity contribution in [3.8, 4) is 10.4 Å². The van der Waals surface area contributed by atoms with Gasteiger partial charge in [0.15, 0.2) is 0 Å². The van der Waals surface area contributed by atoms with Gasteiger partial charge in [-0.1, -0.05) is 0 Å². The number of thiophene rings is 1. The second-order valence-electron chi connectivity index (χ2n) is 3.38. The first-order chi connectivity index (χ1) is 7.81. The minimum atomic E-state index is 0.0785. The summed E-state index contributed by atoms with van der Waals surface area (Å²) in [6, 6.07) is 2.08. The quantitative estimate of drug-likeness (QED) is 0.850. The molecule has 2 aromatic heterocycles. The summed E-state index contributed by atoms with van der Waals surface area (Å²) < 4.78 is 0. The highest BCUT2D eigenvalue weighted by Gasteiger charge is 2.04. The molecule has 0 unspecified atom stereocenters. The van der Waals surface area contributed by atoms with Crippen molar-refractivity contribution in [3.63, 3.8) is 0 Å². The van der Waals surface area contributed by atoms with Crippen LogP contribution >= 0.6 is 11.3 Å². The van der Waals surface area contributed by atoms with Gasteiger partial charge in [0.25, 0.3) is 0 Å². The Bertz CT molecular complexity index is 453. The third-order valence-corrected chi connectivity index (χ3v) is 3.24. The molecule has 2 rings (SSSR count). The average Bonchev–Trinajstić information content (AvgIpc) is 2.74. The van der Waals surface area contributed by atoms with Crippen molar-refractivity contribution in [2.75, 3.05) is 18.5 Å². The molecule has 2 N–H and O–H groups in total. The van der Waals surface area contributed by atoms with E-state index in [2.05, 4.69) is 33.7 Å². The maximum absolute atomic E-state index is 8.65. The van der Waals surface area contributed by atoms with Gasteiger partial charge in [-0.3, -0.25) is 0 Å². The van der Waals surface area contributed by atoms with Crippen molar-refractivity contribution >= 4 is 17.3 Å². The molecule has 2 heterocycles. The lowest BCUT2D eigenvalue weighted by Gasteiger charge is -2.03. The molecule has 0 amide bonds. The summed E-state index contributed by atoms with van der Waals surface area (Å²) in [5.41, 5.74) is 2.27. The first kappa shape index (κ1) is 11.0. The van der Waals surface area contributed by atoms with E-state index in [-0.39, 0.29) is 6.61 Å². The topological polar surface area (TPSA) is 58.0 Å². The van der Waals surface area contributed by atoms with Crippen molar-refractivity contribution < 1.29 is 5.11 Å². The molecule has 0 saturated heterocycles. The summed E-state index contributed by atoms with van der Waals surface area (Å²) in [5.74, 6) is 0.548. The van der Waals surface area contributed by atoms with Crippen LogP contribution in [0.2, 0.25) is 0 Å². The zero-order chi connectivity index (χ0) is 11.4. The van der Waals surface area contributed by atoms with Gasteiger partial charge >= 0.3 is 0 Å². The van der Waals surface area contributed by atoms with Crippen LogP contribution in [-0.2, 0) is 0 Å². The Morgan fingerprint density at radius 1 is 1.38 bits per heavy atom. The van der Waals surface area contributed by atoms with Crippen LogP contribution in [0.25, 0.3) is 10.4 Å². The van der Waals surface area contributed by atoms with Gasteiger partial charge < -0.3 is 10.4 Å². The average molecular weight is 235 g/mol. The van der Waals surface area contributed by atoms with Crippen LogP contribution in [0, 0.1) is 6.92 Å². The molecule has 84 valence electrons. The van der Waals surface area contributed by atoms with Gasteiger partial charge in [-0.2, -0.15) is 0 Å². The molecule has 0 saturated carbocycles. The first-order valence-electron chi connectivity index (χ1n) is 5.02. The molecule has 0 bridgehead atoms. The molecule has 0 aromatic carbocycles. The fraction of sp³-hybridized carbons (Fsp3) is 0.273. The van der Waals surface area contributed by atoms with Gasteiger partial charge in [-0.15, -0.1) is 11.3 Å². The van der Waals surface area contributed by atoms with Crippen LogP contribution in [0.5, 0.6) is 0 Å². The molecule has 0 radical (unpaired) electrons. The maximum atomic E-state index is 8.65. The normalized spacial score (nSPS) is 10.4. The fourth-order valence-corrected chi connectivity index (χ4v) is 2.28. The minimum Gasteiger partial charge on any atom is -0.395 e. The summed E-state index contributed by atoms with van der Waals surface area (Å²) in [7, 11) is 0. The number of nitrogens with zero attached hydrogens (tertiary/aromatic N) is 2. The number of hydrogen-bond donors (Lipinski definition) is 2. The molecule has 4 nitrogen and oxygen atoms in total. The second-order valence-corrected chi connectivity index (χ2v) is 4.29. The fourth-order valence-electron chi connectivity index (χ4n) is 1.37. The summed E-state index contributed by atoms with van der Waals surface area (Å²) in [6.45, 7) is 2.62. The van der Waals surface area contributed by atoms with Crippen LogP contribution in [-0.4, -0.2) is 28.2 Å². The summed E-state index contributed by atoms with van der Waals surface area (Å²) in [4.78, 5) is 9.58. The third-order valence-electron chi connectivity index (χ3n) is 2.17. The van der Waals surface area contributed by atoms with Crippen molar-refractivity contribution in [2.24, 2.45) is 0 Å². The van der Waals surface area contributed by atoms with Crippen molar-refractivity contribution in [1.29, 1.82) is 0 Å². The van der Waals surface area contributed by atoms with E-state index in [1.165, 1.54) is 10.4 Å². The van der Waals surface area contributed by atoms with Crippen LogP contribution in [0.1, 0.15) is 5.56 Å². The number of nitrogens with one attached hydrogen (secondary N) is 1.